The van der Waals surface area contributed by atoms with Crippen LogP contribution in [0.4, 0.5) is 0 Å². The molecule has 3 nitrogen and oxygen atoms in total. The summed E-state index contributed by atoms with van der Waals surface area (Å²) in [6, 6.07) is 7.86. The van der Waals surface area contributed by atoms with Crippen LogP contribution in [0.2, 0.25) is 0 Å². The van der Waals surface area contributed by atoms with Crippen LogP contribution in [0.5, 0.6) is 5.75 Å². The first-order valence-corrected chi connectivity index (χ1v) is 7.29. The molecule has 0 saturated heterocycles. The molecule has 1 aromatic carbocycles. The molecule has 20 heavy (non-hydrogen) atoms. The van der Waals surface area contributed by atoms with Gasteiger partial charge in [-0.1, -0.05) is 24.8 Å². The molecule has 0 radical (unpaired) electrons. The summed E-state index contributed by atoms with van der Waals surface area (Å²) in [5, 5.41) is 0. The molecule has 1 aliphatic rings. The normalized spacial score (nSPS) is 20.4. The van der Waals surface area contributed by atoms with Gasteiger partial charge in [-0.2, -0.15) is 0 Å². The minimum Gasteiger partial charge on any atom is -0.492 e. The third kappa shape index (κ3) is 4.88. The lowest BCUT2D eigenvalue weighted by atomic mass is 10.2. The number of rotatable bonds is 6. The molecule has 0 aliphatic heterocycles. The largest absolute Gasteiger partial charge is 0.492 e. The molecular formula is C17H24N2O. The molecule has 2 atom stereocenters. The van der Waals surface area contributed by atoms with E-state index >= 15 is 0 Å². The van der Waals surface area contributed by atoms with Crippen molar-refractivity contribution in [2.75, 3.05) is 33.3 Å². The Bertz CT molecular complexity index is 489. The average Bonchev–Trinajstić information content (AvgIpc) is 3.12. The first kappa shape index (κ1) is 14.9. The second-order valence-electron chi connectivity index (χ2n) is 5.62. The van der Waals surface area contributed by atoms with Gasteiger partial charge in [-0.15, -0.1) is 0 Å². The highest BCUT2D eigenvalue weighted by molar-refractivity contribution is 5.39. The van der Waals surface area contributed by atoms with Crippen LogP contribution >= 0.6 is 0 Å². The van der Waals surface area contributed by atoms with Crippen LogP contribution in [0, 0.1) is 23.7 Å². The molecule has 108 valence electrons. The van der Waals surface area contributed by atoms with Crippen molar-refractivity contribution >= 4 is 0 Å². The van der Waals surface area contributed by atoms with E-state index in [4.69, 9.17) is 10.5 Å². The third-order valence-corrected chi connectivity index (χ3v) is 3.73. The standard InChI is InChI=1S/C17H24N2O/c1-14-11-16(14)13-19(2)9-10-20-17-7-3-5-15(12-17)6-4-8-18/h3,5,7,12,14,16H,8-11,13,18H2,1-2H3. The molecule has 0 aromatic heterocycles. The van der Waals surface area contributed by atoms with E-state index in [1.807, 2.05) is 24.3 Å². The molecule has 1 fully saturated rings. The van der Waals surface area contributed by atoms with E-state index in [-0.39, 0.29) is 0 Å². The molecule has 0 spiro atoms. The predicted octanol–water partition coefficient (Wildman–Crippen LogP) is 1.96. The maximum atomic E-state index is 5.79. The molecule has 2 N–H and O–H groups in total. The van der Waals surface area contributed by atoms with Gasteiger partial charge in [0.25, 0.3) is 0 Å². The van der Waals surface area contributed by atoms with E-state index in [1.165, 1.54) is 13.0 Å². The lowest BCUT2D eigenvalue weighted by molar-refractivity contribution is 0.230. The summed E-state index contributed by atoms with van der Waals surface area (Å²) < 4.78 is 5.79. The Hall–Kier alpha value is -1.50. The van der Waals surface area contributed by atoms with E-state index in [1.54, 1.807) is 0 Å². The number of benzene rings is 1. The quantitative estimate of drug-likeness (QED) is 0.805. The Morgan fingerprint density at radius 1 is 1.45 bits per heavy atom. The highest BCUT2D eigenvalue weighted by atomic mass is 16.5. The van der Waals surface area contributed by atoms with Crippen molar-refractivity contribution in [3.63, 3.8) is 0 Å². The van der Waals surface area contributed by atoms with Crippen LogP contribution in [0.1, 0.15) is 18.9 Å². The van der Waals surface area contributed by atoms with E-state index in [2.05, 4.69) is 30.7 Å². The van der Waals surface area contributed by atoms with Crippen molar-refractivity contribution < 1.29 is 4.74 Å². The minimum atomic E-state index is 0.384. The first-order chi connectivity index (χ1) is 9.69. The van der Waals surface area contributed by atoms with Crippen molar-refractivity contribution in [3.8, 4) is 17.6 Å². The third-order valence-electron chi connectivity index (χ3n) is 3.73. The van der Waals surface area contributed by atoms with E-state index < -0.39 is 0 Å². The summed E-state index contributed by atoms with van der Waals surface area (Å²) in [7, 11) is 2.16. The fourth-order valence-electron chi connectivity index (χ4n) is 2.28. The number of nitrogens with zero attached hydrogens (tertiary/aromatic N) is 1. The molecule has 0 amide bonds. The Kier molecular flexibility index (Phi) is 5.46. The highest BCUT2D eigenvalue weighted by Crippen LogP contribution is 2.37. The molecule has 1 aliphatic carbocycles. The van der Waals surface area contributed by atoms with Gasteiger partial charge in [0.1, 0.15) is 12.4 Å². The number of hydrogen-bond acceptors (Lipinski definition) is 3. The number of nitrogens with two attached hydrogens (primary N) is 1. The Labute approximate surface area is 122 Å². The molecule has 3 heteroatoms. The molecular weight excluding hydrogens is 248 g/mol. The van der Waals surface area contributed by atoms with Gasteiger partial charge < -0.3 is 15.4 Å². The molecule has 2 unspecified atom stereocenters. The zero-order valence-corrected chi connectivity index (χ0v) is 12.4. The summed E-state index contributed by atoms with van der Waals surface area (Å²) in [5.74, 6) is 8.56. The van der Waals surface area contributed by atoms with Crippen LogP contribution in [-0.4, -0.2) is 38.2 Å². The van der Waals surface area contributed by atoms with Gasteiger partial charge in [0, 0.05) is 18.7 Å². The van der Waals surface area contributed by atoms with E-state index in [0.29, 0.717) is 13.2 Å². The molecule has 1 aromatic rings. The van der Waals surface area contributed by atoms with Crippen LogP contribution in [-0.2, 0) is 0 Å². The van der Waals surface area contributed by atoms with Crippen molar-refractivity contribution in [1.82, 2.24) is 4.90 Å². The Morgan fingerprint density at radius 2 is 2.25 bits per heavy atom. The summed E-state index contributed by atoms with van der Waals surface area (Å²) in [5.41, 5.74) is 6.32. The smallest absolute Gasteiger partial charge is 0.120 e. The molecule has 1 saturated carbocycles. The van der Waals surface area contributed by atoms with Gasteiger partial charge in [0.05, 0.1) is 6.54 Å². The Morgan fingerprint density at radius 3 is 2.95 bits per heavy atom. The maximum Gasteiger partial charge on any atom is 0.120 e. The molecule has 2 rings (SSSR count). The maximum absolute atomic E-state index is 5.79. The minimum absolute atomic E-state index is 0.384. The lowest BCUT2D eigenvalue weighted by Gasteiger charge is -2.16. The summed E-state index contributed by atoms with van der Waals surface area (Å²) in [6.07, 6.45) is 1.38. The zero-order chi connectivity index (χ0) is 14.4. The topological polar surface area (TPSA) is 38.5 Å². The van der Waals surface area contributed by atoms with Gasteiger partial charge in [0.2, 0.25) is 0 Å². The molecule has 0 heterocycles. The van der Waals surface area contributed by atoms with Crippen LogP contribution in [0.15, 0.2) is 24.3 Å². The van der Waals surface area contributed by atoms with Crippen molar-refractivity contribution in [2.24, 2.45) is 17.6 Å². The van der Waals surface area contributed by atoms with Crippen molar-refractivity contribution in [3.05, 3.63) is 29.8 Å². The average molecular weight is 272 g/mol. The monoisotopic (exact) mass is 272 g/mol. The van der Waals surface area contributed by atoms with E-state index in [9.17, 15) is 0 Å². The van der Waals surface area contributed by atoms with Crippen molar-refractivity contribution in [1.29, 1.82) is 0 Å². The van der Waals surface area contributed by atoms with E-state index in [0.717, 1.165) is 29.7 Å². The summed E-state index contributed by atoms with van der Waals surface area (Å²) in [6.45, 7) is 5.57. The van der Waals surface area contributed by atoms with Gasteiger partial charge >= 0.3 is 0 Å². The SMILES string of the molecule is CC1CC1CN(C)CCOc1cccc(C#CCN)c1. The fraction of sp³-hybridized carbons (Fsp3) is 0.529. The van der Waals surface area contributed by atoms with Gasteiger partial charge in [-0.3, -0.25) is 0 Å². The lowest BCUT2D eigenvalue weighted by Crippen LogP contribution is -2.26. The summed E-state index contributed by atoms with van der Waals surface area (Å²) >= 11 is 0. The zero-order valence-electron chi connectivity index (χ0n) is 12.4. The highest BCUT2D eigenvalue weighted by Gasteiger charge is 2.32. The molecule has 0 bridgehead atoms. The van der Waals surface area contributed by atoms with Gasteiger partial charge in [-0.05, 0) is 43.5 Å². The number of hydrogen-bond donors (Lipinski definition) is 1. The predicted molar refractivity (Wildman–Crippen MR) is 82.6 cm³/mol. The first-order valence-electron chi connectivity index (χ1n) is 7.29. The van der Waals surface area contributed by atoms with Crippen molar-refractivity contribution in [2.45, 2.75) is 13.3 Å². The van der Waals surface area contributed by atoms with Crippen LogP contribution in [0.3, 0.4) is 0 Å². The van der Waals surface area contributed by atoms with Gasteiger partial charge in [-0.25, -0.2) is 0 Å². The van der Waals surface area contributed by atoms with Crippen LogP contribution in [0.25, 0.3) is 0 Å². The Balaban J connectivity index is 1.73. The number of ether oxygens (including phenoxy) is 1. The number of likely N-dealkylation sites (N-methyl/N-ethyl adjacent to an activating group) is 1. The summed E-state index contributed by atoms with van der Waals surface area (Å²) in [4.78, 5) is 2.35. The van der Waals surface area contributed by atoms with Gasteiger partial charge in [0.15, 0.2) is 0 Å². The second kappa shape index (κ2) is 7.33. The second-order valence-corrected chi connectivity index (χ2v) is 5.62. The van der Waals surface area contributed by atoms with Crippen LogP contribution < -0.4 is 10.5 Å². The fourth-order valence-corrected chi connectivity index (χ4v) is 2.28.